The molecule has 2 atom stereocenters. The summed E-state index contributed by atoms with van der Waals surface area (Å²) < 4.78 is 5.74. The van der Waals surface area contributed by atoms with Gasteiger partial charge in [0.25, 0.3) is 0 Å². The van der Waals surface area contributed by atoms with E-state index in [1.54, 1.807) is 0 Å². The van der Waals surface area contributed by atoms with Gasteiger partial charge in [-0.2, -0.15) is 0 Å². The van der Waals surface area contributed by atoms with Gasteiger partial charge in [-0.15, -0.1) is 0 Å². The normalized spacial score (nSPS) is 31.0. The molecule has 1 amide bonds. The van der Waals surface area contributed by atoms with Gasteiger partial charge in [0.05, 0.1) is 6.10 Å². The summed E-state index contributed by atoms with van der Waals surface area (Å²) in [5, 5.41) is 0. The third kappa shape index (κ3) is 4.95. The van der Waals surface area contributed by atoms with Gasteiger partial charge in [-0.05, 0) is 51.0 Å². The number of nitrogens with zero attached hydrogens (tertiary/aromatic N) is 2. The zero-order valence-electron chi connectivity index (χ0n) is 15.5. The Hall–Kier alpha value is -0.610. The Morgan fingerprint density at radius 3 is 2.62 bits per heavy atom. The van der Waals surface area contributed by atoms with Crippen molar-refractivity contribution in [1.82, 2.24) is 9.80 Å². The van der Waals surface area contributed by atoms with E-state index in [1.165, 1.54) is 45.2 Å². The minimum atomic E-state index is 0.202. The van der Waals surface area contributed by atoms with Crippen LogP contribution in [0.1, 0.15) is 64.7 Å². The highest BCUT2D eigenvalue weighted by Gasteiger charge is 2.31. The maximum atomic E-state index is 12.9. The van der Waals surface area contributed by atoms with E-state index < -0.39 is 0 Å². The molecule has 3 aliphatic rings. The van der Waals surface area contributed by atoms with Gasteiger partial charge in [0, 0.05) is 38.7 Å². The average molecular weight is 337 g/mol. The summed E-state index contributed by atoms with van der Waals surface area (Å²) in [5.41, 5.74) is 0. The molecular formula is C20H36N2O2. The molecule has 2 heterocycles. The molecule has 1 aliphatic carbocycles. The van der Waals surface area contributed by atoms with E-state index in [1.807, 2.05) is 0 Å². The lowest BCUT2D eigenvalue weighted by Crippen LogP contribution is -2.42. The Labute approximate surface area is 147 Å². The van der Waals surface area contributed by atoms with Crippen LogP contribution in [-0.2, 0) is 9.53 Å². The number of hydrogen-bond donors (Lipinski definition) is 0. The smallest absolute Gasteiger partial charge is 0.225 e. The third-order valence-corrected chi connectivity index (χ3v) is 6.31. The van der Waals surface area contributed by atoms with Crippen molar-refractivity contribution in [2.24, 2.45) is 11.8 Å². The first kappa shape index (κ1) is 18.2. The first-order valence-corrected chi connectivity index (χ1v) is 10.4. The SMILES string of the molecule is CCC1CC(C(=O)N2CCCN(CC3CCCCC3)CC2)CCO1. The fourth-order valence-electron chi connectivity index (χ4n) is 4.76. The first-order chi connectivity index (χ1) is 11.8. The molecule has 0 bridgehead atoms. The van der Waals surface area contributed by atoms with Crippen LogP contribution in [0.15, 0.2) is 0 Å². The van der Waals surface area contributed by atoms with Gasteiger partial charge in [0.1, 0.15) is 0 Å². The molecule has 4 nitrogen and oxygen atoms in total. The van der Waals surface area contributed by atoms with E-state index in [9.17, 15) is 4.79 Å². The van der Waals surface area contributed by atoms with Crippen LogP contribution >= 0.6 is 0 Å². The molecule has 24 heavy (non-hydrogen) atoms. The predicted octanol–water partition coefficient (Wildman–Crippen LogP) is 3.31. The topological polar surface area (TPSA) is 32.8 Å². The van der Waals surface area contributed by atoms with Crippen molar-refractivity contribution in [1.29, 1.82) is 0 Å². The highest BCUT2D eigenvalue weighted by molar-refractivity contribution is 5.79. The molecule has 0 aromatic heterocycles. The molecule has 2 saturated heterocycles. The van der Waals surface area contributed by atoms with Gasteiger partial charge >= 0.3 is 0 Å². The Morgan fingerprint density at radius 2 is 1.83 bits per heavy atom. The molecule has 1 saturated carbocycles. The highest BCUT2D eigenvalue weighted by Crippen LogP contribution is 2.26. The van der Waals surface area contributed by atoms with Crippen LogP contribution in [0.5, 0.6) is 0 Å². The van der Waals surface area contributed by atoms with Gasteiger partial charge < -0.3 is 14.5 Å². The van der Waals surface area contributed by atoms with Gasteiger partial charge in [0.2, 0.25) is 5.91 Å². The Morgan fingerprint density at radius 1 is 1.00 bits per heavy atom. The van der Waals surface area contributed by atoms with Gasteiger partial charge in [-0.25, -0.2) is 0 Å². The van der Waals surface area contributed by atoms with Crippen LogP contribution in [0.3, 0.4) is 0 Å². The lowest BCUT2D eigenvalue weighted by atomic mass is 9.89. The molecule has 0 spiro atoms. The molecule has 2 aliphatic heterocycles. The van der Waals surface area contributed by atoms with Crippen LogP contribution < -0.4 is 0 Å². The fourth-order valence-corrected chi connectivity index (χ4v) is 4.76. The van der Waals surface area contributed by atoms with Crippen molar-refractivity contribution in [3.05, 3.63) is 0 Å². The minimum Gasteiger partial charge on any atom is -0.378 e. The van der Waals surface area contributed by atoms with Crippen molar-refractivity contribution in [3.63, 3.8) is 0 Å². The number of ether oxygens (including phenoxy) is 1. The van der Waals surface area contributed by atoms with Crippen molar-refractivity contribution in [2.75, 3.05) is 39.3 Å². The van der Waals surface area contributed by atoms with Gasteiger partial charge in [-0.3, -0.25) is 4.79 Å². The van der Waals surface area contributed by atoms with Crippen LogP contribution in [0.4, 0.5) is 0 Å². The van der Waals surface area contributed by atoms with Crippen LogP contribution in [0.2, 0.25) is 0 Å². The quantitative estimate of drug-likeness (QED) is 0.789. The van der Waals surface area contributed by atoms with Crippen LogP contribution in [0.25, 0.3) is 0 Å². The molecular weight excluding hydrogens is 300 g/mol. The molecule has 3 fully saturated rings. The van der Waals surface area contributed by atoms with Crippen molar-refractivity contribution in [3.8, 4) is 0 Å². The summed E-state index contributed by atoms with van der Waals surface area (Å²) in [5.74, 6) is 1.51. The molecule has 2 unspecified atom stereocenters. The molecule has 0 aromatic rings. The van der Waals surface area contributed by atoms with E-state index >= 15 is 0 Å². The van der Waals surface area contributed by atoms with E-state index in [4.69, 9.17) is 4.74 Å². The Kier molecular flexibility index (Phi) is 6.96. The zero-order valence-corrected chi connectivity index (χ0v) is 15.5. The summed E-state index contributed by atoms with van der Waals surface area (Å²) in [6.07, 6.45) is 11.4. The summed E-state index contributed by atoms with van der Waals surface area (Å²) in [4.78, 5) is 17.7. The van der Waals surface area contributed by atoms with Gasteiger partial charge in [0.15, 0.2) is 0 Å². The number of hydrogen-bond acceptors (Lipinski definition) is 3. The monoisotopic (exact) mass is 336 g/mol. The highest BCUT2D eigenvalue weighted by atomic mass is 16.5. The Bertz CT molecular complexity index is 395. The minimum absolute atomic E-state index is 0.202. The third-order valence-electron chi connectivity index (χ3n) is 6.31. The number of carbonyl (C=O) groups is 1. The molecule has 4 heteroatoms. The number of carbonyl (C=O) groups excluding carboxylic acids is 1. The fraction of sp³-hybridized carbons (Fsp3) is 0.950. The van der Waals surface area contributed by atoms with E-state index in [0.717, 1.165) is 57.8 Å². The van der Waals surface area contributed by atoms with Gasteiger partial charge in [-0.1, -0.05) is 26.2 Å². The lowest BCUT2D eigenvalue weighted by Gasteiger charge is -2.32. The Balaban J connectivity index is 1.46. The second-order valence-electron chi connectivity index (χ2n) is 8.11. The van der Waals surface area contributed by atoms with E-state index in [0.29, 0.717) is 12.0 Å². The zero-order chi connectivity index (χ0) is 16.8. The summed E-state index contributed by atoms with van der Waals surface area (Å²) in [7, 11) is 0. The summed E-state index contributed by atoms with van der Waals surface area (Å²) >= 11 is 0. The van der Waals surface area contributed by atoms with Crippen molar-refractivity contribution >= 4 is 5.91 Å². The summed E-state index contributed by atoms with van der Waals surface area (Å²) in [6, 6.07) is 0. The van der Waals surface area contributed by atoms with Crippen molar-refractivity contribution < 1.29 is 9.53 Å². The second kappa shape index (κ2) is 9.19. The second-order valence-corrected chi connectivity index (χ2v) is 8.11. The standard InChI is InChI=1S/C20H36N2O2/c1-2-19-15-18(9-14-24-19)20(23)22-11-6-10-21(12-13-22)16-17-7-4-3-5-8-17/h17-19H,2-16H2,1H3. The molecule has 3 rings (SSSR count). The average Bonchev–Trinajstić information content (AvgIpc) is 2.87. The van der Waals surface area contributed by atoms with E-state index in [-0.39, 0.29) is 5.92 Å². The molecule has 0 radical (unpaired) electrons. The van der Waals surface area contributed by atoms with E-state index in [2.05, 4.69) is 16.7 Å². The maximum absolute atomic E-state index is 12.9. The first-order valence-electron chi connectivity index (χ1n) is 10.4. The lowest BCUT2D eigenvalue weighted by molar-refractivity contribution is -0.140. The molecule has 0 aromatic carbocycles. The maximum Gasteiger partial charge on any atom is 0.225 e. The number of amides is 1. The summed E-state index contributed by atoms with van der Waals surface area (Å²) in [6.45, 7) is 8.31. The van der Waals surface area contributed by atoms with Crippen LogP contribution in [0, 0.1) is 11.8 Å². The van der Waals surface area contributed by atoms with Crippen LogP contribution in [-0.4, -0.2) is 61.1 Å². The molecule has 0 N–H and O–H groups in total. The largest absolute Gasteiger partial charge is 0.378 e. The van der Waals surface area contributed by atoms with Crippen molar-refractivity contribution in [2.45, 2.75) is 70.8 Å². The molecule has 138 valence electrons. The number of rotatable bonds is 4. The predicted molar refractivity (Wildman–Crippen MR) is 97.0 cm³/mol.